The Labute approximate surface area is 141 Å². The van der Waals surface area contributed by atoms with Gasteiger partial charge in [0.1, 0.15) is 0 Å². The molecular weight excluding hydrogens is 312 g/mol. The number of aromatic nitrogens is 1. The van der Waals surface area contributed by atoms with Gasteiger partial charge < -0.3 is 15.5 Å². The van der Waals surface area contributed by atoms with Crippen LogP contribution in [0.3, 0.4) is 0 Å². The quantitative estimate of drug-likeness (QED) is 0.763. The molecule has 0 unspecified atom stereocenters. The van der Waals surface area contributed by atoms with E-state index in [2.05, 4.69) is 20.5 Å². The van der Waals surface area contributed by atoms with Crippen molar-refractivity contribution in [1.82, 2.24) is 9.88 Å². The molecule has 5 nitrogen and oxygen atoms in total. The Morgan fingerprint density at radius 1 is 1.17 bits per heavy atom. The molecule has 0 fully saturated rings. The van der Waals surface area contributed by atoms with E-state index in [9.17, 15) is 4.79 Å². The maximum atomic E-state index is 12.3. The van der Waals surface area contributed by atoms with Crippen molar-refractivity contribution in [3.63, 3.8) is 0 Å². The molecule has 0 aliphatic carbocycles. The Bertz CT molecular complexity index is 643. The first kappa shape index (κ1) is 17.2. The highest BCUT2D eigenvalue weighted by atomic mass is 35.5. The third-order valence-electron chi connectivity index (χ3n) is 3.21. The van der Waals surface area contributed by atoms with Crippen LogP contribution in [0.5, 0.6) is 0 Å². The van der Waals surface area contributed by atoms with Crippen molar-refractivity contribution in [2.45, 2.75) is 6.42 Å². The molecule has 1 aromatic carbocycles. The first-order chi connectivity index (χ1) is 11.0. The molecule has 1 aromatic heterocycles. The fourth-order valence-electron chi connectivity index (χ4n) is 2.03. The number of carbonyl (C=O) groups excluding carboxylic acids is 1. The van der Waals surface area contributed by atoms with Gasteiger partial charge in [-0.1, -0.05) is 11.6 Å². The van der Waals surface area contributed by atoms with Crippen molar-refractivity contribution in [3.8, 4) is 0 Å². The number of halogens is 1. The highest BCUT2D eigenvalue weighted by molar-refractivity contribution is 6.30. The fourth-order valence-corrected chi connectivity index (χ4v) is 2.15. The second-order valence-corrected chi connectivity index (χ2v) is 5.94. The standard InChI is InChI=1S/C17H21ClN4O/c1-22(2)9-3-8-20-16-10-13(11-19-12-16)17(23)21-15-6-4-14(18)5-7-15/h4-7,10-12,20H,3,8-9H2,1-2H3,(H,21,23). The van der Waals surface area contributed by atoms with Gasteiger partial charge in [0, 0.05) is 29.6 Å². The van der Waals surface area contributed by atoms with Crippen LogP contribution >= 0.6 is 11.6 Å². The van der Waals surface area contributed by atoms with Gasteiger partial charge in [-0.25, -0.2) is 0 Å². The molecule has 0 radical (unpaired) electrons. The number of hydrogen-bond acceptors (Lipinski definition) is 4. The molecule has 122 valence electrons. The van der Waals surface area contributed by atoms with Crippen LogP contribution in [0.15, 0.2) is 42.7 Å². The van der Waals surface area contributed by atoms with Crippen molar-refractivity contribution >= 4 is 28.9 Å². The number of anilines is 2. The molecule has 2 rings (SSSR count). The summed E-state index contributed by atoms with van der Waals surface area (Å²) in [6.07, 6.45) is 4.29. The smallest absolute Gasteiger partial charge is 0.257 e. The molecule has 6 heteroatoms. The average molecular weight is 333 g/mol. The lowest BCUT2D eigenvalue weighted by Crippen LogP contribution is -2.17. The lowest BCUT2D eigenvalue weighted by atomic mass is 10.2. The normalized spacial score (nSPS) is 10.6. The lowest BCUT2D eigenvalue weighted by Gasteiger charge is -2.11. The Morgan fingerprint density at radius 3 is 2.61 bits per heavy atom. The van der Waals surface area contributed by atoms with Crippen molar-refractivity contribution < 1.29 is 4.79 Å². The van der Waals surface area contributed by atoms with Gasteiger partial charge >= 0.3 is 0 Å². The minimum atomic E-state index is -0.197. The van der Waals surface area contributed by atoms with Gasteiger partial charge in [0.05, 0.1) is 11.3 Å². The number of carbonyl (C=O) groups is 1. The van der Waals surface area contributed by atoms with Crippen LogP contribution in [0.25, 0.3) is 0 Å². The van der Waals surface area contributed by atoms with Gasteiger partial charge in [-0.3, -0.25) is 9.78 Å². The minimum absolute atomic E-state index is 0.197. The first-order valence-electron chi connectivity index (χ1n) is 7.45. The molecule has 1 amide bonds. The zero-order valence-corrected chi connectivity index (χ0v) is 14.1. The van der Waals surface area contributed by atoms with Gasteiger partial charge in [-0.15, -0.1) is 0 Å². The SMILES string of the molecule is CN(C)CCCNc1cncc(C(=O)Nc2ccc(Cl)cc2)c1. The molecule has 0 saturated carbocycles. The zero-order chi connectivity index (χ0) is 16.7. The van der Waals surface area contributed by atoms with Gasteiger partial charge in [0.25, 0.3) is 5.91 Å². The van der Waals surface area contributed by atoms with Crippen LogP contribution in [0.2, 0.25) is 5.02 Å². The van der Waals surface area contributed by atoms with E-state index in [4.69, 9.17) is 11.6 Å². The monoisotopic (exact) mass is 332 g/mol. The summed E-state index contributed by atoms with van der Waals surface area (Å²) in [5.41, 5.74) is 2.05. The van der Waals surface area contributed by atoms with Crippen LogP contribution < -0.4 is 10.6 Å². The van der Waals surface area contributed by atoms with Crippen molar-refractivity contribution in [3.05, 3.63) is 53.3 Å². The van der Waals surface area contributed by atoms with Crippen LogP contribution in [0, 0.1) is 0 Å². The summed E-state index contributed by atoms with van der Waals surface area (Å²) < 4.78 is 0. The number of amides is 1. The maximum absolute atomic E-state index is 12.3. The number of nitrogens with one attached hydrogen (secondary N) is 2. The predicted octanol–water partition coefficient (Wildman–Crippen LogP) is 3.35. The van der Waals surface area contributed by atoms with Crippen molar-refractivity contribution in [2.75, 3.05) is 37.8 Å². The molecule has 0 atom stereocenters. The first-order valence-corrected chi connectivity index (χ1v) is 7.83. The molecular formula is C17H21ClN4O. The highest BCUT2D eigenvalue weighted by Crippen LogP contribution is 2.15. The van der Waals surface area contributed by atoms with E-state index < -0.39 is 0 Å². The number of pyridine rings is 1. The lowest BCUT2D eigenvalue weighted by molar-refractivity contribution is 0.102. The van der Waals surface area contributed by atoms with E-state index in [1.807, 2.05) is 14.1 Å². The molecule has 0 spiro atoms. The average Bonchev–Trinajstić information content (AvgIpc) is 2.54. The Hall–Kier alpha value is -2.11. The van der Waals surface area contributed by atoms with Gasteiger partial charge in [0.15, 0.2) is 0 Å². The molecule has 23 heavy (non-hydrogen) atoms. The minimum Gasteiger partial charge on any atom is -0.384 e. The summed E-state index contributed by atoms with van der Waals surface area (Å²) in [5.74, 6) is -0.197. The summed E-state index contributed by atoms with van der Waals surface area (Å²) in [5, 5.41) is 6.74. The number of benzene rings is 1. The van der Waals surface area contributed by atoms with E-state index >= 15 is 0 Å². The van der Waals surface area contributed by atoms with E-state index in [0.717, 1.165) is 25.2 Å². The van der Waals surface area contributed by atoms with E-state index in [1.54, 1.807) is 42.7 Å². The number of hydrogen-bond donors (Lipinski definition) is 2. The van der Waals surface area contributed by atoms with Crippen LogP contribution in [-0.2, 0) is 0 Å². The maximum Gasteiger partial charge on any atom is 0.257 e. The van der Waals surface area contributed by atoms with Gasteiger partial charge in [-0.05, 0) is 57.4 Å². The van der Waals surface area contributed by atoms with Crippen molar-refractivity contribution in [1.29, 1.82) is 0 Å². The third-order valence-corrected chi connectivity index (χ3v) is 3.47. The van der Waals surface area contributed by atoms with Gasteiger partial charge in [0.2, 0.25) is 0 Å². The molecule has 0 bridgehead atoms. The number of nitrogens with zero attached hydrogens (tertiary/aromatic N) is 2. The van der Waals surface area contributed by atoms with E-state index in [0.29, 0.717) is 16.3 Å². The van der Waals surface area contributed by atoms with Crippen LogP contribution in [0.4, 0.5) is 11.4 Å². The molecule has 2 N–H and O–H groups in total. The topological polar surface area (TPSA) is 57.3 Å². The molecule has 0 aliphatic heterocycles. The van der Waals surface area contributed by atoms with Crippen molar-refractivity contribution in [2.24, 2.45) is 0 Å². The molecule has 1 heterocycles. The molecule has 0 aliphatic rings. The number of rotatable bonds is 7. The zero-order valence-electron chi connectivity index (χ0n) is 13.3. The highest BCUT2D eigenvalue weighted by Gasteiger charge is 2.07. The summed E-state index contributed by atoms with van der Waals surface area (Å²) >= 11 is 5.83. The molecule has 2 aromatic rings. The summed E-state index contributed by atoms with van der Waals surface area (Å²) in [4.78, 5) is 18.5. The Kier molecular flexibility index (Phi) is 6.38. The summed E-state index contributed by atoms with van der Waals surface area (Å²) in [7, 11) is 4.09. The Morgan fingerprint density at radius 2 is 1.91 bits per heavy atom. The fraction of sp³-hybridized carbons (Fsp3) is 0.294. The third kappa shape index (κ3) is 5.88. The van der Waals surface area contributed by atoms with Crippen LogP contribution in [-0.4, -0.2) is 43.0 Å². The summed E-state index contributed by atoms with van der Waals surface area (Å²) in [6, 6.07) is 8.79. The van der Waals surface area contributed by atoms with E-state index in [1.165, 1.54) is 0 Å². The van der Waals surface area contributed by atoms with Crippen LogP contribution in [0.1, 0.15) is 16.8 Å². The Balaban J connectivity index is 1.92. The predicted molar refractivity (Wildman–Crippen MR) is 95.3 cm³/mol. The second-order valence-electron chi connectivity index (χ2n) is 5.51. The van der Waals surface area contributed by atoms with Gasteiger partial charge in [-0.2, -0.15) is 0 Å². The molecule has 0 saturated heterocycles. The summed E-state index contributed by atoms with van der Waals surface area (Å²) in [6.45, 7) is 1.85. The second kappa shape index (κ2) is 8.50. The van der Waals surface area contributed by atoms with E-state index in [-0.39, 0.29) is 5.91 Å². The largest absolute Gasteiger partial charge is 0.384 e.